The summed E-state index contributed by atoms with van der Waals surface area (Å²) in [5.74, 6) is 0. The lowest BCUT2D eigenvalue weighted by atomic mass is 9.89. The van der Waals surface area contributed by atoms with E-state index in [1.807, 2.05) is 6.20 Å². The van der Waals surface area contributed by atoms with E-state index >= 15 is 0 Å². The highest BCUT2D eigenvalue weighted by Crippen LogP contribution is 2.33. The topological polar surface area (TPSA) is 45.1 Å². The van der Waals surface area contributed by atoms with Crippen molar-refractivity contribution >= 4 is 10.9 Å². The molecule has 0 amide bonds. The highest BCUT2D eigenvalue weighted by molar-refractivity contribution is 5.81. The van der Waals surface area contributed by atoms with Crippen LogP contribution in [0.15, 0.2) is 24.4 Å². The Morgan fingerprint density at radius 2 is 2.22 bits per heavy atom. The second-order valence-electron chi connectivity index (χ2n) is 5.55. The van der Waals surface area contributed by atoms with Gasteiger partial charge in [-0.1, -0.05) is 0 Å². The van der Waals surface area contributed by atoms with E-state index in [0.29, 0.717) is 12.1 Å². The zero-order chi connectivity index (χ0) is 12.7. The van der Waals surface area contributed by atoms with Crippen LogP contribution >= 0.6 is 0 Å². The van der Waals surface area contributed by atoms with Gasteiger partial charge in [0.25, 0.3) is 0 Å². The number of likely N-dealkylation sites (tertiary alicyclic amines) is 1. The van der Waals surface area contributed by atoms with Gasteiger partial charge in [-0.25, -0.2) is 0 Å². The van der Waals surface area contributed by atoms with Crippen LogP contribution in [0.3, 0.4) is 0 Å². The number of aromatic amines is 1. The van der Waals surface area contributed by atoms with Gasteiger partial charge in [-0.3, -0.25) is 4.90 Å². The number of piperidine rings is 1. The van der Waals surface area contributed by atoms with Gasteiger partial charge in [0, 0.05) is 23.8 Å². The first-order valence-corrected chi connectivity index (χ1v) is 6.68. The Morgan fingerprint density at radius 3 is 3.06 bits per heavy atom. The molecule has 1 aliphatic rings. The summed E-state index contributed by atoms with van der Waals surface area (Å²) >= 11 is 0. The number of aryl methyl sites for hydroxylation is 1. The molecule has 0 bridgehead atoms. The van der Waals surface area contributed by atoms with Crippen LogP contribution in [0.4, 0.5) is 0 Å². The maximum atomic E-state index is 6.13. The third-order valence-corrected chi connectivity index (χ3v) is 4.21. The monoisotopic (exact) mass is 243 g/mol. The molecular formula is C15H21N3. The molecule has 1 aliphatic heterocycles. The summed E-state index contributed by atoms with van der Waals surface area (Å²) in [5, 5.41) is 1.29. The van der Waals surface area contributed by atoms with Crippen LogP contribution in [0.1, 0.15) is 30.0 Å². The number of hydrogen-bond acceptors (Lipinski definition) is 2. The van der Waals surface area contributed by atoms with Crippen molar-refractivity contribution < 1.29 is 0 Å². The predicted octanol–water partition coefficient (Wildman–Crippen LogP) is 2.57. The van der Waals surface area contributed by atoms with Crippen molar-refractivity contribution in [2.24, 2.45) is 5.73 Å². The number of fused-ring (bicyclic) bond motifs is 1. The fourth-order valence-corrected chi connectivity index (χ4v) is 3.06. The molecule has 96 valence electrons. The molecule has 1 saturated heterocycles. The molecule has 2 aromatic rings. The van der Waals surface area contributed by atoms with Crippen LogP contribution in [0.5, 0.6) is 0 Å². The number of H-pyrrole nitrogens is 1. The van der Waals surface area contributed by atoms with Crippen molar-refractivity contribution in [2.45, 2.75) is 31.8 Å². The molecule has 2 unspecified atom stereocenters. The van der Waals surface area contributed by atoms with Gasteiger partial charge in [-0.2, -0.15) is 0 Å². The summed E-state index contributed by atoms with van der Waals surface area (Å²) in [6, 6.07) is 7.51. The van der Waals surface area contributed by atoms with Crippen LogP contribution in [-0.2, 0) is 0 Å². The summed E-state index contributed by atoms with van der Waals surface area (Å²) in [7, 11) is 2.21. The molecule has 2 atom stereocenters. The second kappa shape index (κ2) is 4.41. The molecule has 3 rings (SSSR count). The molecule has 3 heteroatoms. The fraction of sp³-hybridized carbons (Fsp3) is 0.467. The molecular weight excluding hydrogens is 222 g/mol. The standard InChI is InChI=1S/C15H21N3/c1-10-7-14-11(3-5-17-14)8-13(10)15-9-12(16)4-6-18(15)2/h3,5,7-8,12,15,17H,4,6,9,16H2,1-2H3. The maximum Gasteiger partial charge on any atom is 0.0456 e. The van der Waals surface area contributed by atoms with E-state index in [9.17, 15) is 0 Å². The Hall–Kier alpha value is -1.32. The second-order valence-corrected chi connectivity index (χ2v) is 5.55. The summed E-state index contributed by atoms with van der Waals surface area (Å²) in [5.41, 5.74) is 10.1. The average molecular weight is 243 g/mol. The first kappa shape index (κ1) is 11.8. The molecule has 0 aliphatic carbocycles. The zero-order valence-corrected chi connectivity index (χ0v) is 11.1. The van der Waals surface area contributed by atoms with Crippen molar-refractivity contribution in [3.8, 4) is 0 Å². The van der Waals surface area contributed by atoms with Crippen LogP contribution < -0.4 is 5.73 Å². The third kappa shape index (κ3) is 1.93. The molecule has 0 saturated carbocycles. The smallest absolute Gasteiger partial charge is 0.0456 e. The summed E-state index contributed by atoms with van der Waals surface area (Å²) in [6.07, 6.45) is 4.18. The molecule has 1 aromatic carbocycles. The van der Waals surface area contributed by atoms with Crippen LogP contribution in [-0.4, -0.2) is 29.5 Å². The number of nitrogens with one attached hydrogen (secondary N) is 1. The zero-order valence-electron chi connectivity index (χ0n) is 11.1. The minimum absolute atomic E-state index is 0.340. The number of nitrogens with two attached hydrogens (primary N) is 1. The quantitative estimate of drug-likeness (QED) is 0.808. The highest BCUT2D eigenvalue weighted by atomic mass is 15.1. The first-order valence-electron chi connectivity index (χ1n) is 6.68. The number of hydrogen-bond donors (Lipinski definition) is 2. The summed E-state index contributed by atoms with van der Waals surface area (Å²) in [4.78, 5) is 5.71. The van der Waals surface area contributed by atoms with E-state index in [4.69, 9.17) is 5.73 Å². The number of benzene rings is 1. The largest absolute Gasteiger partial charge is 0.361 e. The fourth-order valence-electron chi connectivity index (χ4n) is 3.06. The Morgan fingerprint density at radius 1 is 1.39 bits per heavy atom. The Labute approximate surface area is 108 Å². The van der Waals surface area contributed by atoms with Gasteiger partial charge in [0.15, 0.2) is 0 Å². The van der Waals surface area contributed by atoms with E-state index in [1.54, 1.807) is 0 Å². The predicted molar refractivity (Wildman–Crippen MR) is 75.6 cm³/mol. The van der Waals surface area contributed by atoms with Crippen molar-refractivity contribution in [2.75, 3.05) is 13.6 Å². The summed E-state index contributed by atoms with van der Waals surface area (Å²) in [6.45, 7) is 3.29. The van der Waals surface area contributed by atoms with Gasteiger partial charge in [-0.15, -0.1) is 0 Å². The SMILES string of the molecule is Cc1cc2[nH]ccc2cc1C1CC(N)CCN1C. The number of rotatable bonds is 1. The number of aromatic nitrogens is 1. The van der Waals surface area contributed by atoms with Gasteiger partial charge in [0.05, 0.1) is 0 Å². The minimum atomic E-state index is 0.340. The van der Waals surface area contributed by atoms with E-state index in [0.717, 1.165) is 19.4 Å². The maximum absolute atomic E-state index is 6.13. The highest BCUT2D eigenvalue weighted by Gasteiger charge is 2.26. The molecule has 0 spiro atoms. The lowest BCUT2D eigenvalue weighted by Gasteiger charge is -2.36. The van der Waals surface area contributed by atoms with Gasteiger partial charge in [0.1, 0.15) is 0 Å². The lowest BCUT2D eigenvalue weighted by Crippen LogP contribution is -2.40. The van der Waals surface area contributed by atoms with Crippen LogP contribution in [0, 0.1) is 6.92 Å². The Kier molecular flexibility index (Phi) is 2.88. The lowest BCUT2D eigenvalue weighted by molar-refractivity contribution is 0.171. The Bertz CT molecular complexity index is 558. The van der Waals surface area contributed by atoms with Gasteiger partial charge in [0.2, 0.25) is 0 Å². The third-order valence-electron chi connectivity index (χ3n) is 4.21. The van der Waals surface area contributed by atoms with E-state index < -0.39 is 0 Å². The molecule has 1 aromatic heterocycles. The van der Waals surface area contributed by atoms with Crippen molar-refractivity contribution in [1.29, 1.82) is 0 Å². The van der Waals surface area contributed by atoms with Crippen LogP contribution in [0.25, 0.3) is 10.9 Å². The van der Waals surface area contributed by atoms with Gasteiger partial charge >= 0.3 is 0 Å². The van der Waals surface area contributed by atoms with E-state index in [-0.39, 0.29) is 0 Å². The molecule has 3 N–H and O–H groups in total. The number of nitrogens with zero attached hydrogens (tertiary/aromatic N) is 1. The normalized spacial score (nSPS) is 25.7. The molecule has 0 radical (unpaired) electrons. The van der Waals surface area contributed by atoms with Crippen molar-refractivity contribution in [3.05, 3.63) is 35.5 Å². The van der Waals surface area contributed by atoms with Crippen molar-refractivity contribution in [3.63, 3.8) is 0 Å². The van der Waals surface area contributed by atoms with Crippen LogP contribution in [0.2, 0.25) is 0 Å². The summed E-state index contributed by atoms with van der Waals surface area (Å²) < 4.78 is 0. The van der Waals surface area contributed by atoms with Gasteiger partial charge < -0.3 is 10.7 Å². The van der Waals surface area contributed by atoms with E-state index in [1.165, 1.54) is 22.0 Å². The molecule has 3 nitrogen and oxygen atoms in total. The van der Waals surface area contributed by atoms with E-state index in [2.05, 4.69) is 42.1 Å². The van der Waals surface area contributed by atoms with Gasteiger partial charge in [-0.05, 0) is 68.1 Å². The average Bonchev–Trinajstić information content (AvgIpc) is 2.78. The van der Waals surface area contributed by atoms with Crippen molar-refractivity contribution in [1.82, 2.24) is 9.88 Å². The Balaban J connectivity index is 2.03. The first-order chi connectivity index (χ1) is 8.65. The molecule has 2 heterocycles. The minimum Gasteiger partial charge on any atom is -0.361 e. The molecule has 18 heavy (non-hydrogen) atoms. The molecule has 1 fully saturated rings.